The van der Waals surface area contributed by atoms with Crippen LogP contribution in [0.1, 0.15) is 18.9 Å². The lowest BCUT2D eigenvalue weighted by molar-refractivity contribution is 0.101. The predicted octanol–water partition coefficient (Wildman–Crippen LogP) is 4.29. The molecule has 0 bridgehead atoms. The van der Waals surface area contributed by atoms with Crippen LogP contribution in [0.4, 0.5) is 0 Å². The van der Waals surface area contributed by atoms with Gasteiger partial charge in [-0.3, -0.25) is 4.18 Å². The minimum Gasteiger partial charge on any atom is -0.377 e. The highest BCUT2D eigenvalue weighted by atomic mass is 35.5. The molecule has 2 rings (SSSR count). The molecular weight excluding hydrogens is 348 g/mol. The molecule has 2 aromatic carbocycles. The summed E-state index contributed by atoms with van der Waals surface area (Å²) in [6.07, 6.45) is 0.725. The smallest absolute Gasteiger partial charge is 0.296 e. The second kappa shape index (κ2) is 9.18. The SMILES string of the molecule is CC(CCOCc1ccccc1)COS(=O)(=O)c1ccc(Cl)cc1. The Morgan fingerprint density at radius 1 is 1.04 bits per heavy atom. The van der Waals surface area contributed by atoms with Crippen LogP contribution < -0.4 is 0 Å². The summed E-state index contributed by atoms with van der Waals surface area (Å²) in [6, 6.07) is 15.8. The van der Waals surface area contributed by atoms with Crippen molar-refractivity contribution < 1.29 is 17.3 Å². The molecule has 0 aliphatic heterocycles. The Labute approximate surface area is 148 Å². The largest absolute Gasteiger partial charge is 0.377 e. The molecule has 6 heteroatoms. The molecular formula is C18H21ClO4S. The molecule has 2 aromatic rings. The summed E-state index contributed by atoms with van der Waals surface area (Å²) in [6.45, 7) is 3.17. The lowest BCUT2D eigenvalue weighted by Crippen LogP contribution is -2.14. The minimum absolute atomic E-state index is 0.0721. The van der Waals surface area contributed by atoms with Gasteiger partial charge in [0.05, 0.1) is 18.1 Å². The van der Waals surface area contributed by atoms with E-state index in [2.05, 4.69) is 0 Å². The van der Waals surface area contributed by atoms with Crippen molar-refractivity contribution in [1.82, 2.24) is 0 Å². The van der Waals surface area contributed by atoms with Crippen LogP contribution >= 0.6 is 11.6 Å². The molecule has 0 fully saturated rings. The first-order valence-electron chi connectivity index (χ1n) is 7.74. The van der Waals surface area contributed by atoms with Gasteiger partial charge in [0, 0.05) is 11.6 Å². The van der Waals surface area contributed by atoms with Crippen LogP contribution in [-0.4, -0.2) is 21.6 Å². The van der Waals surface area contributed by atoms with E-state index in [1.165, 1.54) is 24.3 Å². The van der Waals surface area contributed by atoms with E-state index in [4.69, 9.17) is 20.5 Å². The molecule has 24 heavy (non-hydrogen) atoms. The summed E-state index contributed by atoms with van der Waals surface area (Å²) in [4.78, 5) is 0.111. The van der Waals surface area contributed by atoms with Gasteiger partial charge in [-0.1, -0.05) is 48.9 Å². The fraction of sp³-hybridized carbons (Fsp3) is 0.333. The van der Waals surface area contributed by atoms with Crippen molar-refractivity contribution in [2.45, 2.75) is 24.8 Å². The van der Waals surface area contributed by atoms with Crippen LogP contribution in [0.2, 0.25) is 5.02 Å². The fourth-order valence-electron chi connectivity index (χ4n) is 2.01. The van der Waals surface area contributed by atoms with Crippen LogP contribution in [0, 0.1) is 5.92 Å². The Balaban J connectivity index is 1.70. The molecule has 0 heterocycles. The first-order chi connectivity index (χ1) is 11.5. The van der Waals surface area contributed by atoms with E-state index in [1.807, 2.05) is 37.3 Å². The monoisotopic (exact) mass is 368 g/mol. The predicted molar refractivity (Wildman–Crippen MR) is 94.5 cm³/mol. The lowest BCUT2D eigenvalue weighted by atomic mass is 10.1. The van der Waals surface area contributed by atoms with Crippen molar-refractivity contribution in [2.75, 3.05) is 13.2 Å². The number of halogens is 1. The number of benzene rings is 2. The van der Waals surface area contributed by atoms with E-state index in [1.54, 1.807) is 0 Å². The minimum atomic E-state index is -3.75. The molecule has 0 amide bonds. The third-order valence-electron chi connectivity index (χ3n) is 3.48. The average molecular weight is 369 g/mol. The molecule has 0 radical (unpaired) electrons. The van der Waals surface area contributed by atoms with Crippen LogP contribution in [-0.2, 0) is 25.6 Å². The van der Waals surface area contributed by atoms with E-state index in [-0.39, 0.29) is 17.4 Å². The number of hydrogen-bond acceptors (Lipinski definition) is 4. The Bertz CT molecular complexity index is 714. The standard InChI is InChI=1S/C18H21ClO4S/c1-15(11-12-22-14-16-5-3-2-4-6-16)13-23-24(20,21)18-9-7-17(19)8-10-18/h2-10,15H,11-14H2,1H3. The van der Waals surface area contributed by atoms with E-state index >= 15 is 0 Å². The van der Waals surface area contributed by atoms with E-state index in [9.17, 15) is 8.42 Å². The second-order valence-corrected chi connectivity index (χ2v) is 7.68. The Hall–Kier alpha value is -1.40. The fourth-order valence-corrected chi connectivity index (χ4v) is 3.15. The molecule has 0 N–H and O–H groups in total. The van der Waals surface area contributed by atoms with Crippen molar-refractivity contribution in [3.8, 4) is 0 Å². The quantitative estimate of drug-likeness (QED) is 0.489. The molecule has 0 saturated heterocycles. The van der Waals surface area contributed by atoms with Gasteiger partial charge in [0.2, 0.25) is 0 Å². The third kappa shape index (κ3) is 6.24. The molecule has 0 aliphatic carbocycles. The second-order valence-electron chi connectivity index (χ2n) is 5.62. The molecule has 4 nitrogen and oxygen atoms in total. The zero-order chi connectivity index (χ0) is 17.4. The number of hydrogen-bond donors (Lipinski definition) is 0. The lowest BCUT2D eigenvalue weighted by Gasteiger charge is -2.12. The zero-order valence-electron chi connectivity index (χ0n) is 13.5. The van der Waals surface area contributed by atoms with E-state index in [0.717, 1.165) is 12.0 Å². The van der Waals surface area contributed by atoms with Gasteiger partial charge in [-0.25, -0.2) is 0 Å². The summed E-state index contributed by atoms with van der Waals surface area (Å²) in [5.74, 6) is 0.0721. The number of rotatable bonds is 9. The van der Waals surface area contributed by atoms with Gasteiger partial charge in [-0.05, 0) is 42.2 Å². The molecule has 130 valence electrons. The maximum Gasteiger partial charge on any atom is 0.296 e. The maximum absolute atomic E-state index is 12.1. The van der Waals surface area contributed by atoms with Crippen molar-refractivity contribution in [3.63, 3.8) is 0 Å². The molecule has 0 aromatic heterocycles. The highest BCUT2D eigenvalue weighted by Gasteiger charge is 2.16. The van der Waals surface area contributed by atoms with Gasteiger partial charge in [-0.15, -0.1) is 0 Å². The first-order valence-corrected chi connectivity index (χ1v) is 9.52. The van der Waals surface area contributed by atoms with E-state index < -0.39 is 10.1 Å². The third-order valence-corrected chi connectivity index (χ3v) is 5.02. The van der Waals surface area contributed by atoms with Gasteiger partial charge < -0.3 is 4.74 Å². The molecule has 1 atom stereocenters. The van der Waals surface area contributed by atoms with Crippen molar-refractivity contribution in [2.24, 2.45) is 5.92 Å². The summed E-state index contributed by atoms with van der Waals surface area (Å²) in [7, 11) is -3.75. The molecule has 0 aliphatic rings. The van der Waals surface area contributed by atoms with Crippen molar-refractivity contribution >= 4 is 21.7 Å². The maximum atomic E-state index is 12.1. The van der Waals surface area contributed by atoms with Gasteiger partial charge in [0.1, 0.15) is 0 Å². The van der Waals surface area contributed by atoms with Crippen molar-refractivity contribution in [3.05, 3.63) is 65.2 Å². The van der Waals surface area contributed by atoms with E-state index in [0.29, 0.717) is 18.2 Å². The van der Waals surface area contributed by atoms with Gasteiger partial charge in [-0.2, -0.15) is 8.42 Å². The molecule has 0 saturated carbocycles. The first kappa shape index (κ1) is 18.9. The normalized spacial score (nSPS) is 12.9. The number of ether oxygens (including phenoxy) is 1. The van der Waals surface area contributed by atoms with Gasteiger partial charge in [0.15, 0.2) is 0 Å². The summed E-state index contributed by atoms with van der Waals surface area (Å²) >= 11 is 5.75. The van der Waals surface area contributed by atoms with Crippen LogP contribution in [0.15, 0.2) is 59.5 Å². The topological polar surface area (TPSA) is 52.6 Å². The highest BCUT2D eigenvalue weighted by Crippen LogP contribution is 2.17. The average Bonchev–Trinajstić information content (AvgIpc) is 2.58. The van der Waals surface area contributed by atoms with Gasteiger partial charge in [0.25, 0.3) is 10.1 Å². The summed E-state index contributed by atoms with van der Waals surface area (Å²) in [5, 5.41) is 0.484. The van der Waals surface area contributed by atoms with Crippen molar-refractivity contribution in [1.29, 1.82) is 0 Å². The van der Waals surface area contributed by atoms with Crippen LogP contribution in [0.5, 0.6) is 0 Å². The Kier molecular flexibility index (Phi) is 7.24. The summed E-state index contributed by atoms with van der Waals surface area (Å²) in [5.41, 5.74) is 1.12. The highest BCUT2D eigenvalue weighted by molar-refractivity contribution is 7.86. The molecule has 0 spiro atoms. The van der Waals surface area contributed by atoms with Crippen LogP contribution in [0.3, 0.4) is 0 Å². The Morgan fingerprint density at radius 3 is 2.38 bits per heavy atom. The zero-order valence-corrected chi connectivity index (χ0v) is 15.1. The van der Waals surface area contributed by atoms with Crippen LogP contribution in [0.25, 0.3) is 0 Å². The Morgan fingerprint density at radius 2 is 1.71 bits per heavy atom. The van der Waals surface area contributed by atoms with Gasteiger partial charge >= 0.3 is 0 Å². The summed E-state index contributed by atoms with van der Waals surface area (Å²) < 4.78 is 34.8. The molecule has 1 unspecified atom stereocenters.